The number of ether oxygens (including phenoxy) is 1. The highest BCUT2D eigenvalue weighted by Crippen LogP contribution is 2.05. The SMILES string of the molecule is CC(C)C[C@H](NC(=O)C(=O)OCc1ccccc1)C(=O)O. The van der Waals surface area contributed by atoms with Gasteiger partial charge in [0.05, 0.1) is 0 Å². The van der Waals surface area contributed by atoms with E-state index in [9.17, 15) is 14.4 Å². The molecule has 1 atom stereocenters. The van der Waals surface area contributed by atoms with Crippen LogP contribution in [0.25, 0.3) is 0 Å². The van der Waals surface area contributed by atoms with Crippen molar-refractivity contribution in [2.45, 2.75) is 32.9 Å². The Bertz CT molecular complexity index is 498. The van der Waals surface area contributed by atoms with E-state index in [-0.39, 0.29) is 18.9 Å². The maximum atomic E-state index is 11.6. The van der Waals surface area contributed by atoms with Gasteiger partial charge in [0.1, 0.15) is 12.6 Å². The minimum absolute atomic E-state index is 0.0327. The van der Waals surface area contributed by atoms with E-state index < -0.39 is 23.9 Å². The molecule has 0 fully saturated rings. The number of carboxylic acids is 1. The van der Waals surface area contributed by atoms with E-state index in [0.717, 1.165) is 5.56 Å². The molecule has 0 aromatic heterocycles. The lowest BCUT2D eigenvalue weighted by atomic mass is 10.0. The second-order valence-corrected chi connectivity index (χ2v) is 5.06. The van der Waals surface area contributed by atoms with E-state index in [0.29, 0.717) is 0 Å². The topological polar surface area (TPSA) is 92.7 Å². The summed E-state index contributed by atoms with van der Waals surface area (Å²) in [6.45, 7) is 3.63. The Kier molecular flexibility index (Phi) is 6.39. The summed E-state index contributed by atoms with van der Waals surface area (Å²) in [5.41, 5.74) is 0.746. The summed E-state index contributed by atoms with van der Waals surface area (Å²) in [6, 6.07) is 7.80. The highest BCUT2D eigenvalue weighted by atomic mass is 16.5. The Labute approximate surface area is 123 Å². The minimum Gasteiger partial charge on any atom is -0.480 e. The summed E-state index contributed by atoms with van der Waals surface area (Å²) in [6.07, 6.45) is 0.243. The van der Waals surface area contributed by atoms with Gasteiger partial charge < -0.3 is 15.2 Å². The fourth-order valence-electron chi connectivity index (χ4n) is 1.70. The van der Waals surface area contributed by atoms with Crippen LogP contribution in [-0.4, -0.2) is 29.0 Å². The Morgan fingerprint density at radius 3 is 2.33 bits per heavy atom. The molecular formula is C15H19NO5. The smallest absolute Gasteiger partial charge is 0.397 e. The van der Waals surface area contributed by atoms with Crippen LogP contribution >= 0.6 is 0 Å². The molecule has 0 spiro atoms. The Hall–Kier alpha value is -2.37. The number of hydrogen-bond acceptors (Lipinski definition) is 4. The lowest BCUT2D eigenvalue weighted by Gasteiger charge is -2.15. The summed E-state index contributed by atoms with van der Waals surface area (Å²) in [7, 11) is 0. The van der Waals surface area contributed by atoms with Crippen molar-refractivity contribution in [3.8, 4) is 0 Å². The minimum atomic E-state index is -1.17. The number of nitrogens with one attached hydrogen (secondary N) is 1. The first-order chi connectivity index (χ1) is 9.90. The van der Waals surface area contributed by atoms with E-state index >= 15 is 0 Å². The number of benzene rings is 1. The van der Waals surface area contributed by atoms with Crippen LogP contribution in [0.15, 0.2) is 30.3 Å². The maximum absolute atomic E-state index is 11.6. The van der Waals surface area contributed by atoms with Gasteiger partial charge in [-0.3, -0.25) is 4.79 Å². The normalized spacial score (nSPS) is 11.8. The fourth-order valence-corrected chi connectivity index (χ4v) is 1.70. The number of esters is 1. The molecule has 0 aliphatic heterocycles. The van der Waals surface area contributed by atoms with Crippen LogP contribution in [0, 0.1) is 5.92 Å². The van der Waals surface area contributed by atoms with Crippen LogP contribution in [0.1, 0.15) is 25.8 Å². The van der Waals surface area contributed by atoms with Gasteiger partial charge in [0.2, 0.25) is 0 Å². The number of rotatable bonds is 6. The Morgan fingerprint density at radius 2 is 1.81 bits per heavy atom. The van der Waals surface area contributed by atoms with Crippen LogP contribution in [0.5, 0.6) is 0 Å². The zero-order chi connectivity index (χ0) is 15.8. The molecule has 21 heavy (non-hydrogen) atoms. The van der Waals surface area contributed by atoms with Gasteiger partial charge in [-0.2, -0.15) is 0 Å². The summed E-state index contributed by atoms with van der Waals surface area (Å²) in [4.78, 5) is 34.2. The van der Waals surface area contributed by atoms with Gasteiger partial charge >= 0.3 is 17.8 Å². The molecule has 6 heteroatoms. The van der Waals surface area contributed by atoms with Gasteiger partial charge in [-0.25, -0.2) is 9.59 Å². The molecular weight excluding hydrogens is 274 g/mol. The highest BCUT2D eigenvalue weighted by Gasteiger charge is 2.25. The first kappa shape index (κ1) is 16.7. The molecule has 1 rings (SSSR count). The number of aliphatic carboxylic acids is 1. The van der Waals surface area contributed by atoms with Crippen LogP contribution in [0.2, 0.25) is 0 Å². The Balaban J connectivity index is 2.49. The second-order valence-electron chi connectivity index (χ2n) is 5.06. The molecule has 0 saturated carbocycles. The molecule has 1 aromatic carbocycles. The zero-order valence-electron chi connectivity index (χ0n) is 12.0. The van der Waals surface area contributed by atoms with Crippen molar-refractivity contribution in [1.82, 2.24) is 5.32 Å². The van der Waals surface area contributed by atoms with Crippen molar-refractivity contribution >= 4 is 17.8 Å². The number of carboxylic acid groups (broad SMARTS) is 1. The van der Waals surface area contributed by atoms with Crippen molar-refractivity contribution < 1.29 is 24.2 Å². The van der Waals surface area contributed by atoms with Crippen molar-refractivity contribution in [3.05, 3.63) is 35.9 Å². The van der Waals surface area contributed by atoms with Gasteiger partial charge in [0.15, 0.2) is 0 Å². The molecule has 0 aliphatic rings. The molecule has 0 saturated heterocycles. The van der Waals surface area contributed by atoms with Crippen molar-refractivity contribution in [3.63, 3.8) is 0 Å². The van der Waals surface area contributed by atoms with Crippen molar-refractivity contribution in [1.29, 1.82) is 0 Å². The average molecular weight is 293 g/mol. The standard InChI is InChI=1S/C15H19NO5/c1-10(2)8-12(14(18)19)16-13(17)15(20)21-9-11-6-4-3-5-7-11/h3-7,10,12H,8-9H2,1-2H3,(H,16,17)(H,18,19)/t12-/m0/s1. The highest BCUT2D eigenvalue weighted by molar-refractivity contribution is 6.32. The monoisotopic (exact) mass is 293 g/mol. The molecule has 1 amide bonds. The first-order valence-corrected chi connectivity index (χ1v) is 6.64. The van der Waals surface area contributed by atoms with Gasteiger partial charge in [0.25, 0.3) is 0 Å². The zero-order valence-corrected chi connectivity index (χ0v) is 12.0. The molecule has 114 valence electrons. The number of carbonyl (C=O) groups is 3. The molecule has 1 aromatic rings. The van der Waals surface area contributed by atoms with Crippen LogP contribution in [-0.2, 0) is 25.7 Å². The number of amides is 1. The summed E-state index contributed by atoms with van der Waals surface area (Å²) >= 11 is 0. The largest absolute Gasteiger partial charge is 0.480 e. The fraction of sp³-hybridized carbons (Fsp3) is 0.400. The summed E-state index contributed by atoms with van der Waals surface area (Å²) in [5.74, 6) is -3.23. The van der Waals surface area contributed by atoms with E-state index in [1.54, 1.807) is 24.3 Å². The van der Waals surface area contributed by atoms with Crippen LogP contribution < -0.4 is 5.32 Å². The van der Waals surface area contributed by atoms with Crippen LogP contribution in [0.3, 0.4) is 0 Å². The van der Waals surface area contributed by atoms with E-state index in [2.05, 4.69) is 5.32 Å². The van der Waals surface area contributed by atoms with Crippen molar-refractivity contribution in [2.75, 3.05) is 0 Å². The molecule has 2 N–H and O–H groups in total. The van der Waals surface area contributed by atoms with Gasteiger partial charge in [-0.1, -0.05) is 44.2 Å². The van der Waals surface area contributed by atoms with Gasteiger partial charge in [0, 0.05) is 0 Å². The van der Waals surface area contributed by atoms with Gasteiger partial charge in [-0.15, -0.1) is 0 Å². The third-order valence-electron chi connectivity index (χ3n) is 2.71. The third kappa shape index (κ3) is 6.07. The third-order valence-corrected chi connectivity index (χ3v) is 2.71. The lowest BCUT2D eigenvalue weighted by Crippen LogP contribution is -2.45. The van der Waals surface area contributed by atoms with Crippen molar-refractivity contribution in [2.24, 2.45) is 5.92 Å². The quantitative estimate of drug-likeness (QED) is 0.610. The molecule has 6 nitrogen and oxygen atoms in total. The molecule has 0 aliphatic carbocycles. The summed E-state index contributed by atoms with van der Waals surface area (Å²) < 4.78 is 4.83. The lowest BCUT2D eigenvalue weighted by molar-refractivity contribution is -0.157. The second kappa shape index (κ2) is 8.04. The summed E-state index contributed by atoms with van der Waals surface area (Å²) in [5, 5.41) is 11.2. The molecule has 0 unspecified atom stereocenters. The average Bonchev–Trinajstić information content (AvgIpc) is 2.44. The van der Waals surface area contributed by atoms with E-state index in [1.807, 2.05) is 19.9 Å². The van der Waals surface area contributed by atoms with Gasteiger partial charge in [-0.05, 0) is 17.9 Å². The predicted molar refractivity (Wildman–Crippen MR) is 75.3 cm³/mol. The number of hydrogen-bond donors (Lipinski definition) is 2. The number of carbonyl (C=O) groups excluding carboxylic acids is 2. The molecule has 0 bridgehead atoms. The maximum Gasteiger partial charge on any atom is 0.397 e. The first-order valence-electron chi connectivity index (χ1n) is 6.64. The Morgan fingerprint density at radius 1 is 1.19 bits per heavy atom. The van der Waals surface area contributed by atoms with E-state index in [4.69, 9.17) is 9.84 Å². The predicted octanol–water partition coefficient (Wildman–Crippen LogP) is 1.35. The van der Waals surface area contributed by atoms with Crippen LogP contribution in [0.4, 0.5) is 0 Å². The molecule has 0 heterocycles. The molecule has 0 radical (unpaired) electrons. The van der Waals surface area contributed by atoms with E-state index in [1.165, 1.54) is 0 Å².